The highest BCUT2D eigenvalue weighted by Gasteiger charge is 2.07. The van der Waals surface area contributed by atoms with Gasteiger partial charge in [0, 0.05) is 18.2 Å². The second-order valence-electron chi connectivity index (χ2n) is 2.78. The number of nitrogens with zero attached hydrogens (tertiary/aromatic N) is 1. The van der Waals surface area contributed by atoms with E-state index in [1.165, 1.54) is 13.1 Å². The van der Waals surface area contributed by atoms with Crippen molar-refractivity contribution in [2.45, 2.75) is 20.3 Å². The van der Waals surface area contributed by atoms with Gasteiger partial charge in [0.1, 0.15) is 5.78 Å². The lowest BCUT2D eigenvalue weighted by Gasteiger charge is -2.02. The largest absolute Gasteiger partial charge is 0.300 e. The molecule has 0 aliphatic carbocycles. The molecular formula is C9H10FNO. The monoisotopic (exact) mass is 167 g/mol. The van der Waals surface area contributed by atoms with Crippen LogP contribution in [0.25, 0.3) is 0 Å². The topological polar surface area (TPSA) is 30.0 Å². The standard InChI is InChI=1S/C9H10FNO/c1-6-3-4-11-9(10)8(6)5-7(2)12/h3-4H,5H2,1-2H3. The van der Waals surface area contributed by atoms with Crippen LogP contribution in [0.2, 0.25) is 0 Å². The summed E-state index contributed by atoms with van der Waals surface area (Å²) in [6, 6.07) is 1.70. The summed E-state index contributed by atoms with van der Waals surface area (Å²) in [7, 11) is 0. The number of hydrogen-bond acceptors (Lipinski definition) is 2. The van der Waals surface area contributed by atoms with Crippen LogP contribution in [0.1, 0.15) is 18.1 Å². The quantitative estimate of drug-likeness (QED) is 0.627. The van der Waals surface area contributed by atoms with E-state index in [4.69, 9.17) is 0 Å². The lowest BCUT2D eigenvalue weighted by atomic mass is 10.1. The summed E-state index contributed by atoms with van der Waals surface area (Å²) >= 11 is 0. The van der Waals surface area contributed by atoms with Crippen molar-refractivity contribution in [3.63, 3.8) is 0 Å². The zero-order valence-corrected chi connectivity index (χ0v) is 7.10. The third-order valence-electron chi connectivity index (χ3n) is 1.66. The number of aromatic nitrogens is 1. The van der Waals surface area contributed by atoms with Gasteiger partial charge in [0.25, 0.3) is 0 Å². The SMILES string of the molecule is CC(=O)Cc1c(C)ccnc1F. The highest BCUT2D eigenvalue weighted by atomic mass is 19.1. The normalized spacial score (nSPS) is 9.92. The first kappa shape index (κ1) is 8.84. The summed E-state index contributed by atoms with van der Waals surface area (Å²) in [5.74, 6) is -0.588. The molecular weight excluding hydrogens is 157 g/mol. The summed E-state index contributed by atoms with van der Waals surface area (Å²) in [5, 5.41) is 0. The molecule has 3 heteroatoms. The van der Waals surface area contributed by atoms with Gasteiger partial charge in [-0.05, 0) is 25.5 Å². The first-order valence-corrected chi connectivity index (χ1v) is 3.70. The van der Waals surface area contributed by atoms with Crippen LogP contribution in [0.4, 0.5) is 4.39 Å². The Morgan fingerprint density at radius 3 is 2.83 bits per heavy atom. The van der Waals surface area contributed by atoms with Gasteiger partial charge in [0.15, 0.2) is 0 Å². The minimum absolute atomic E-state index is 0.0509. The van der Waals surface area contributed by atoms with Crippen molar-refractivity contribution in [2.75, 3.05) is 0 Å². The molecule has 0 fully saturated rings. The fraction of sp³-hybridized carbons (Fsp3) is 0.333. The summed E-state index contributed by atoms with van der Waals surface area (Å²) in [4.78, 5) is 14.2. The molecule has 0 amide bonds. The molecule has 12 heavy (non-hydrogen) atoms. The molecule has 0 aliphatic heterocycles. The second-order valence-corrected chi connectivity index (χ2v) is 2.78. The number of hydrogen-bond donors (Lipinski definition) is 0. The molecule has 0 N–H and O–H groups in total. The molecule has 1 aromatic rings. The fourth-order valence-corrected chi connectivity index (χ4v) is 1.02. The maximum absolute atomic E-state index is 12.9. The van der Waals surface area contributed by atoms with Gasteiger partial charge >= 0.3 is 0 Å². The zero-order valence-electron chi connectivity index (χ0n) is 7.10. The second kappa shape index (κ2) is 3.43. The lowest BCUT2D eigenvalue weighted by molar-refractivity contribution is -0.116. The van der Waals surface area contributed by atoms with E-state index in [0.717, 1.165) is 5.56 Å². The molecule has 0 saturated carbocycles. The van der Waals surface area contributed by atoms with Gasteiger partial charge in [0.05, 0.1) is 0 Å². The molecule has 2 nitrogen and oxygen atoms in total. The lowest BCUT2D eigenvalue weighted by Crippen LogP contribution is -2.03. The predicted molar refractivity (Wildman–Crippen MR) is 43.3 cm³/mol. The molecule has 0 unspecified atom stereocenters. The number of Topliss-reactive ketones (excluding diaryl/α,β-unsaturated/α-hetero) is 1. The number of aryl methyl sites for hydroxylation is 1. The van der Waals surface area contributed by atoms with Crippen molar-refractivity contribution in [1.82, 2.24) is 4.98 Å². The highest BCUT2D eigenvalue weighted by Crippen LogP contribution is 2.10. The van der Waals surface area contributed by atoms with E-state index in [2.05, 4.69) is 4.98 Å². The van der Waals surface area contributed by atoms with Crippen molar-refractivity contribution in [2.24, 2.45) is 0 Å². The van der Waals surface area contributed by atoms with Gasteiger partial charge < -0.3 is 0 Å². The zero-order chi connectivity index (χ0) is 9.14. The van der Waals surface area contributed by atoms with E-state index in [9.17, 15) is 9.18 Å². The first-order valence-electron chi connectivity index (χ1n) is 3.70. The van der Waals surface area contributed by atoms with Crippen LogP contribution in [-0.2, 0) is 11.2 Å². The molecule has 1 heterocycles. The molecule has 0 atom stereocenters. The molecule has 1 rings (SSSR count). The highest BCUT2D eigenvalue weighted by molar-refractivity contribution is 5.78. The Kier molecular flexibility index (Phi) is 2.53. The molecule has 1 aromatic heterocycles. The Morgan fingerprint density at radius 2 is 2.33 bits per heavy atom. The van der Waals surface area contributed by atoms with Crippen LogP contribution in [0, 0.1) is 12.9 Å². The minimum Gasteiger partial charge on any atom is -0.300 e. The average molecular weight is 167 g/mol. The molecule has 0 spiro atoms. The van der Waals surface area contributed by atoms with Crippen molar-refractivity contribution in [1.29, 1.82) is 0 Å². The van der Waals surface area contributed by atoms with Crippen LogP contribution in [-0.4, -0.2) is 10.8 Å². The van der Waals surface area contributed by atoms with Gasteiger partial charge in [-0.25, -0.2) is 4.98 Å². The van der Waals surface area contributed by atoms with Gasteiger partial charge in [0.2, 0.25) is 5.95 Å². The van der Waals surface area contributed by atoms with Crippen LogP contribution < -0.4 is 0 Å². The molecule has 0 saturated heterocycles. The summed E-state index contributed by atoms with van der Waals surface area (Å²) < 4.78 is 12.9. The van der Waals surface area contributed by atoms with Gasteiger partial charge in [-0.15, -0.1) is 0 Å². The van der Waals surface area contributed by atoms with E-state index in [1.807, 2.05) is 0 Å². The van der Waals surface area contributed by atoms with Crippen LogP contribution in [0.15, 0.2) is 12.3 Å². The maximum atomic E-state index is 12.9. The van der Waals surface area contributed by atoms with Crippen LogP contribution in [0.3, 0.4) is 0 Å². The minimum atomic E-state index is -0.537. The van der Waals surface area contributed by atoms with Crippen LogP contribution >= 0.6 is 0 Å². The number of ketones is 1. The smallest absolute Gasteiger partial charge is 0.216 e. The molecule has 0 aliphatic rings. The summed E-state index contributed by atoms with van der Waals surface area (Å²) in [6.07, 6.45) is 1.53. The van der Waals surface area contributed by atoms with Gasteiger partial charge in [-0.3, -0.25) is 4.79 Å². The number of halogens is 1. The van der Waals surface area contributed by atoms with Gasteiger partial charge in [-0.2, -0.15) is 4.39 Å². The number of rotatable bonds is 2. The molecule has 0 bridgehead atoms. The molecule has 0 aromatic carbocycles. The van der Waals surface area contributed by atoms with E-state index in [0.29, 0.717) is 5.56 Å². The van der Waals surface area contributed by atoms with Crippen molar-refractivity contribution in [3.05, 3.63) is 29.3 Å². The first-order chi connectivity index (χ1) is 5.61. The van der Waals surface area contributed by atoms with E-state index in [1.54, 1.807) is 13.0 Å². The van der Waals surface area contributed by atoms with Gasteiger partial charge in [-0.1, -0.05) is 0 Å². The Bertz CT molecular complexity index is 289. The third kappa shape index (κ3) is 1.87. The maximum Gasteiger partial charge on any atom is 0.216 e. The van der Waals surface area contributed by atoms with E-state index in [-0.39, 0.29) is 12.2 Å². The fourth-order valence-electron chi connectivity index (χ4n) is 1.02. The Labute approximate surface area is 70.4 Å². The summed E-state index contributed by atoms with van der Waals surface area (Å²) in [6.45, 7) is 3.20. The predicted octanol–water partition coefficient (Wildman–Crippen LogP) is 1.66. The summed E-state index contributed by atoms with van der Waals surface area (Å²) in [5.41, 5.74) is 1.18. The molecule has 0 radical (unpaired) electrons. The number of carbonyl (C=O) groups is 1. The Morgan fingerprint density at radius 1 is 1.67 bits per heavy atom. The van der Waals surface area contributed by atoms with Crippen molar-refractivity contribution >= 4 is 5.78 Å². The molecule has 64 valence electrons. The number of carbonyl (C=O) groups excluding carboxylic acids is 1. The third-order valence-corrected chi connectivity index (χ3v) is 1.66. The average Bonchev–Trinajstić information content (AvgIpc) is 1.97. The van der Waals surface area contributed by atoms with E-state index < -0.39 is 5.95 Å². The van der Waals surface area contributed by atoms with Crippen molar-refractivity contribution in [3.8, 4) is 0 Å². The Balaban J connectivity index is 3.04. The van der Waals surface area contributed by atoms with Crippen molar-refractivity contribution < 1.29 is 9.18 Å². The Hall–Kier alpha value is -1.25. The van der Waals surface area contributed by atoms with Crippen LogP contribution in [0.5, 0.6) is 0 Å². The number of pyridine rings is 1. The van der Waals surface area contributed by atoms with E-state index >= 15 is 0 Å².